The van der Waals surface area contributed by atoms with Gasteiger partial charge in [0.1, 0.15) is 6.04 Å². The van der Waals surface area contributed by atoms with Crippen LogP contribution in [0.4, 0.5) is 5.69 Å². The van der Waals surface area contributed by atoms with Crippen molar-refractivity contribution in [1.29, 1.82) is 0 Å². The number of nitrogens with zero attached hydrogens (tertiary/aromatic N) is 2. The third-order valence-electron chi connectivity index (χ3n) is 8.38. The van der Waals surface area contributed by atoms with Gasteiger partial charge in [0.2, 0.25) is 5.91 Å². The van der Waals surface area contributed by atoms with E-state index in [1.165, 1.54) is 49.3 Å². The van der Waals surface area contributed by atoms with E-state index < -0.39 is 6.04 Å². The fraction of sp³-hybridized carbons (Fsp3) is 0.441. The number of carbonyl (C=O) groups excluding carboxylic acids is 1. The lowest BCUT2D eigenvalue weighted by Gasteiger charge is -2.29. The molecule has 1 amide bonds. The second-order valence-electron chi connectivity index (χ2n) is 11.8. The van der Waals surface area contributed by atoms with Gasteiger partial charge in [0.05, 0.1) is 12.6 Å². The van der Waals surface area contributed by atoms with Gasteiger partial charge in [0.15, 0.2) is 11.9 Å². The van der Waals surface area contributed by atoms with E-state index in [4.69, 9.17) is 16.5 Å². The van der Waals surface area contributed by atoms with Gasteiger partial charge in [-0.2, -0.15) is 0 Å². The van der Waals surface area contributed by atoms with E-state index in [0.29, 0.717) is 25.0 Å². The molecule has 0 spiro atoms. The van der Waals surface area contributed by atoms with Crippen molar-refractivity contribution in [1.82, 2.24) is 10.6 Å². The highest BCUT2D eigenvalue weighted by Crippen LogP contribution is 2.22. The molecule has 8 nitrogen and oxygen atoms in total. The zero-order valence-electron chi connectivity index (χ0n) is 24.5. The standard InChI is InChI=1S/C34H45N7O/c35-33(36)37-23-24-16-19-30(20-17-24)38-32(42)31(22-25-15-18-26-9-7-8-10-27(26)21-25)41-34(39-28-11-3-1-4-12-28)40-29-13-5-2-6-14-29/h7-10,15-21,28-29,31H,1-6,11-14,22-23H2,(H,38,42)(H4,35,36,37)(H2,39,40,41)/t31-/m0/s1. The molecule has 7 N–H and O–H groups in total. The molecular formula is C34H45N7O. The lowest BCUT2D eigenvalue weighted by atomic mass is 9.95. The highest BCUT2D eigenvalue weighted by atomic mass is 16.2. The molecule has 2 aliphatic carbocycles. The Bertz CT molecular complexity index is 1370. The van der Waals surface area contributed by atoms with Crippen molar-refractivity contribution >= 4 is 34.3 Å². The number of guanidine groups is 2. The van der Waals surface area contributed by atoms with Crippen LogP contribution < -0.4 is 27.4 Å². The Kier molecular flexibility index (Phi) is 10.3. The second-order valence-corrected chi connectivity index (χ2v) is 11.8. The largest absolute Gasteiger partial charge is 0.370 e. The van der Waals surface area contributed by atoms with Crippen molar-refractivity contribution < 1.29 is 4.79 Å². The number of hydrogen-bond acceptors (Lipinski definition) is 3. The molecule has 42 heavy (non-hydrogen) atoms. The predicted octanol–water partition coefficient (Wildman–Crippen LogP) is 5.36. The maximum atomic E-state index is 13.9. The molecule has 8 heteroatoms. The van der Waals surface area contributed by atoms with E-state index in [2.05, 4.69) is 57.3 Å². The molecule has 5 rings (SSSR count). The Morgan fingerprint density at radius 2 is 1.48 bits per heavy atom. The van der Waals surface area contributed by atoms with Crippen LogP contribution in [0, 0.1) is 0 Å². The van der Waals surface area contributed by atoms with E-state index in [1.807, 2.05) is 30.3 Å². The number of carbonyl (C=O) groups is 1. The normalized spacial score (nSPS) is 17.4. The Labute approximate surface area is 249 Å². The van der Waals surface area contributed by atoms with Gasteiger partial charge in [-0.25, -0.2) is 9.98 Å². The van der Waals surface area contributed by atoms with Gasteiger partial charge in [-0.05, 0) is 59.7 Å². The molecule has 0 heterocycles. The minimum Gasteiger partial charge on any atom is -0.370 e. The van der Waals surface area contributed by atoms with Crippen LogP contribution in [0.5, 0.6) is 0 Å². The summed E-state index contributed by atoms with van der Waals surface area (Å²) < 4.78 is 0. The Morgan fingerprint density at radius 3 is 2.19 bits per heavy atom. The third kappa shape index (κ3) is 8.71. The summed E-state index contributed by atoms with van der Waals surface area (Å²) in [7, 11) is 0. The minimum atomic E-state index is -0.508. The molecule has 1 atom stereocenters. The molecule has 2 saturated carbocycles. The van der Waals surface area contributed by atoms with E-state index in [1.54, 1.807) is 0 Å². The van der Waals surface area contributed by atoms with Crippen LogP contribution in [0.25, 0.3) is 10.8 Å². The van der Waals surface area contributed by atoms with Crippen LogP contribution in [-0.2, 0) is 17.8 Å². The van der Waals surface area contributed by atoms with Crippen LogP contribution in [0.15, 0.2) is 76.7 Å². The van der Waals surface area contributed by atoms with Gasteiger partial charge in [-0.1, -0.05) is 93.1 Å². The van der Waals surface area contributed by atoms with Gasteiger partial charge in [-0.15, -0.1) is 0 Å². The Hall–Kier alpha value is -4.07. The number of hydrogen-bond donors (Lipinski definition) is 5. The summed E-state index contributed by atoms with van der Waals surface area (Å²) in [5.41, 5.74) is 13.7. The average Bonchev–Trinajstić information content (AvgIpc) is 3.01. The van der Waals surface area contributed by atoms with Crippen molar-refractivity contribution in [2.45, 2.75) is 95.3 Å². The van der Waals surface area contributed by atoms with Gasteiger partial charge in [0.25, 0.3) is 0 Å². The first-order valence-electron chi connectivity index (χ1n) is 15.6. The van der Waals surface area contributed by atoms with Crippen molar-refractivity contribution in [2.75, 3.05) is 5.32 Å². The summed E-state index contributed by atoms with van der Waals surface area (Å²) in [6.45, 7) is 0.399. The number of amides is 1. The van der Waals surface area contributed by atoms with Gasteiger partial charge in [0, 0.05) is 18.2 Å². The molecule has 3 aromatic carbocycles. The quantitative estimate of drug-likeness (QED) is 0.175. The van der Waals surface area contributed by atoms with Crippen LogP contribution in [0.3, 0.4) is 0 Å². The maximum absolute atomic E-state index is 13.9. The SMILES string of the molecule is NC(N)=NCc1ccc(NC(=O)[C@H](Cc2ccc3ccccc3c2)NC(=NC2CCCCC2)NC2CCCCC2)cc1. The van der Waals surface area contributed by atoms with Crippen LogP contribution >= 0.6 is 0 Å². The monoisotopic (exact) mass is 567 g/mol. The molecule has 0 aliphatic heterocycles. The maximum Gasteiger partial charge on any atom is 0.247 e. The fourth-order valence-electron chi connectivity index (χ4n) is 6.03. The van der Waals surface area contributed by atoms with Crippen LogP contribution in [0.1, 0.15) is 75.3 Å². The summed E-state index contributed by atoms with van der Waals surface area (Å²) in [5, 5.41) is 12.8. The third-order valence-corrected chi connectivity index (χ3v) is 8.38. The summed E-state index contributed by atoms with van der Waals surface area (Å²) in [6, 6.07) is 22.6. The zero-order valence-corrected chi connectivity index (χ0v) is 24.5. The molecule has 0 saturated heterocycles. The van der Waals surface area contributed by atoms with Crippen LogP contribution in [-0.4, -0.2) is 36.0 Å². The molecule has 0 radical (unpaired) electrons. The number of aliphatic imine (C=N–C) groups is 2. The van der Waals surface area contributed by atoms with E-state index >= 15 is 0 Å². The van der Waals surface area contributed by atoms with Crippen LogP contribution in [0.2, 0.25) is 0 Å². The molecule has 0 aromatic heterocycles. The van der Waals surface area contributed by atoms with E-state index in [9.17, 15) is 4.79 Å². The number of nitrogens with one attached hydrogen (secondary N) is 3. The fourth-order valence-corrected chi connectivity index (χ4v) is 6.03. The number of rotatable bonds is 9. The lowest BCUT2D eigenvalue weighted by Crippen LogP contribution is -2.53. The Balaban J connectivity index is 1.38. The average molecular weight is 568 g/mol. The van der Waals surface area contributed by atoms with E-state index in [0.717, 1.165) is 48.5 Å². The molecule has 2 aliphatic rings. The predicted molar refractivity (Wildman–Crippen MR) is 173 cm³/mol. The molecule has 222 valence electrons. The smallest absolute Gasteiger partial charge is 0.247 e. The highest BCUT2D eigenvalue weighted by molar-refractivity contribution is 5.98. The number of anilines is 1. The highest BCUT2D eigenvalue weighted by Gasteiger charge is 2.24. The first-order chi connectivity index (χ1) is 20.5. The van der Waals surface area contributed by atoms with Crippen molar-refractivity contribution in [3.8, 4) is 0 Å². The first-order valence-corrected chi connectivity index (χ1v) is 15.6. The molecule has 3 aromatic rings. The van der Waals surface area contributed by atoms with Crippen molar-refractivity contribution in [2.24, 2.45) is 21.5 Å². The second kappa shape index (κ2) is 14.7. The molecule has 0 unspecified atom stereocenters. The van der Waals surface area contributed by atoms with Crippen molar-refractivity contribution in [3.63, 3.8) is 0 Å². The van der Waals surface area contributed by atoms with Crippen molar-refractivity contribution in [3.05, 3.63) is 77.9 Å². The number of fused-ring (bicyclic) bond motifs is 1. The molecule has 2 fully saturated rings. The summed E-state index contributed by atoms with van der Waals surface area (Å²) in [4.78, 5) is 23.1. The summed E-state index contributed by atoms with van der Waals surface area (Å²) >= 11 is 0. The Morgan fingerprint density at radius 1 is 0.810 bits per heavy atom. The van der Waals surface area contributed by atoms with Gasteiger partial charge in [-0.3, -0.25) is 4.79 Å². The summed E-state index contributed by atoms with van der Waals surface area (Å²) in [6.07, 6.45) is 12.5. The number of nitrogens with two attached hydrogens (primary N) is 2. The molecule has 0 bridgehead atoms. The number of benzene rings is 3. The lowest BCUT2D eigenvalue weighted by molar-refractivity contribution is -0.117. The topological polar surface area (TPSA) is 130 Å². The van der Waals surface area contributed by atoms with Gasteiger partial charge < -0.3 is 27.4 Å². The zero-order chi connectivity index (χ0) is 29.1. The summed E-state index contributed by atoms with van der Waals surface area (Å²) in [5.74, 6) is 0.728. The molecular weight excluding hydrogens is 522 g/mol. The minimum absolute atomic E-state index is 0.0579. The van der Waals surface area contributed by atoms with E-state index in [-0.39, 0.29) is 11.9 Å². The first kappa shape index (κ1) is 29.4. The van der Waals surface area contributed by atoms with Gasteiger partial charge >= 0.3 is 0 Å².